The number of benzene rings is 2. The molecule has 2 rings (SSSR count). The molecule has 2 aromatic rings. The molecule has 5 nitrogen and oxygen atoms in total. The summed E-state index contributed by atoms with van der Waals surface area (Å²) in [5, 5.41) is 12.0. The van der Waals surface area contributed by atoms with Gasteiger partial charge in [0.25, 0.3) is 5.91 Å². The summed E-state index contributed by atoms with van der Waals surface area (Å²) in [5.41, 5.74) is 1.51. The lowest BCUT2D eigenvalue weighted by Gasteiger charge is -2.16. The fourth-order valence-corrected chi connectivity index (χ4v) is 2.31. The molecule has 0 saturated carbocycles. The molecule has 2 aromatic carbocycles. The molecular weight excluding hydrogens is 352 g/mol. The van der Waals surface area contributed by atoms with Gasteiger partial charge < -0.3 is 14.8 Å². The molecule has 0 fully saturated rings. The molecule has 0 aromatic heterocycles. The molecule has 0 spiro atoms. The zero-order valence-corrected chi connectivity index (χ0v) is 15.5. The molecule has 0 aliphatic carbocycles. The van der Waals surface area contributed by atoms with Crippen LogP contribution in [-0.2, 0) is 4.79 Å². The van der Waals surface area contributed by atoms with Gasteiger partial charge in [0.15, 0.2) is 6.10 Å². The highest BCUT2D eigenvalue weighted by Crippen LogP contribution is 2.22. The van der Waals surface area contributed by atoms with Crippen LogP contribution in [0, 0.1) is 18.3 Å². The molecule has 136 valence electrons. The lowest BCUT2D eigenvalue weighted by atomic mass is 10.2. The Balaban J connectivity index is 1.91. The van der Waals surface area contributed by atoms with Crippen LogP contribution in [0.2, 0.25) is 5.02 Å². The normalized spacial score (nSPS) is 11.3. The molecule has 1 N–H and O–H groups in total. The first-order valence-electron chi connectivity index (χ1n) is 8.33. The minimum Gasteiger partial charge on any atom is -0.493 e. The van der Waals surface area contributed by atoms with E-state index in [0.29, 0.717) is 41.7 Å². The Hall–Kier alpha value is -2.71. The number of halogens is 1. The van der Waals surface area contributed by atoms with Crippen molar-refractivity contribution in [1.82, 2.24) is 0 Å². The van der Waals surface area contributed by atoms with Crippen molar-refractivity contribution < 1.29 is 14.3 Å². The summed E-state index contributed by atoms with van der Waals surface area (Å²) in [6.45, 7) is 4.02. The molecule has 0 saturated heterocycles. The van der Waals surface area contributed by atoms with Crippen molar-refractivity contribution in [2.75, 3.05) is 11.9 Å². The van der Waals surface area contributed by atoms with Gasteiger partial charge in [0, 0.05) is 23.2 Å². The van der Waals surface area contributed by atoms with Crippen molar-refractivity contribution in [3.63, 3.8) is 0 Å². The molecule has 0 bridgehead atoms. The smallest absolute Gasteiger partial charge is 0.265 e. The maximum Gasteiger partial charge on any atom is 0.265 e. The van der Waals surface area contributed by atoms with E-state index in [1.807, 2.05) is 6.92 Å². The average molecular weight is 373 g/mol. The number of amides is 1. The third kappa shape index (κ3) is 5.98. The Morgan fingerprint density at radius 2 is 2.08 bits per heavy atom. The monoisotopic (exact) mass is 372 g/mol. The molecule has 0 aliphatic heterocycles. The lowest BCUT2D eigenvalue weighted by Crippen LogP contribution is -2.30. The minimum atomic E-state index is -0.671. The van der Waals surface area contributed by atoms with E-state index in [4.69, 9.17) is 26.3 Å². The second-order valence-electron chi connectivity index (χ2n) is 5.80. The Bertz CT molecular complexity index is 802. The van der Waals surface area contributed by atoms with Crippen LogP contribution in [0.1, 0.15) is 25.3 Å². The minimum absolute atomic E-state index is 0.265. The SMILES string of the molecule is Cc1cc(OC(C)C(=O)Nc2cccc(OCCCC#N)c2)ccc1Cl. The molecule has 0 heterocycles. The van der Waals surface area contributed by atoms with E-state index >= 15 is 0 Å². The first-order chi connectivity index (χ1) is 12.5. The number of nitriles is 1. The summed E-state index contributed by atoms with van der Waals surface area (Å²) in [7, 11) is 0. The van der Waals surface area contributed by atoms with Crippen LogP contribution in [0.25, 0.3) is 0 Å². The van der Waals surface area contributed by atoms with Crippen LogP contribution >= 0.6 is 11.6 Å². The first kappa shape index (κ1) is 19.6. The lowest BCUT2D eigenvalue weighted by molar-refractivity contribution is -0.122. The zero-order chi connectivity index (χ0) is 18.9. The van der Waals surface area contributed by atoms with Gasteiger partial charge in [0.05, 0.1) is 12.7 Å². The van der Waals surface area contributed by atoms with Crippen LogP contribution < -0.4 is 14.8 Å². The zero-order valence-electron chi connectivity index (χ0n) is 14.8. The third-order valence-corrected chi connectivity index (χ3v) is 4.04. The van der Waals surface area contributed by atoms with E-state index in [0.717, 1.165) is 5.56 Å². The highest BCUT2D eigenvalue weighted by atomic mass is 35.5. The van der Waals surface area contributed by atoms with E-state index in [2.05, 4.69) is 11.4 Å². The Morgan fingerprint density at radius 3 is 2.81 bits per heavy atom. The number of rotatable bonds is 8. The van der Waals surface area contributed by atoms with E-state index < -0.39 is 6.10 Å². The van der Waals surface area contributed by atoms with E-state index in [1.54, 1.807) is 49.4 Å². The van der Waals surface area contributed by atoms with Crippen LogP contribution in [0.5, 0.6) is 11.5 Å². The third-order valence-electron chi connectivity index (χ3n) is 3.61. The second kappa shape index (κ2) is 9.69. The van der Waals surface area contributed by atoms with Crippen molar-refractivity contribution >= 4 is 23.2 Å². The van der Waals surface area contributed by atoms with Crippen molar-refractivity contribution in [3.05, 3.63) is 53.1 Å². The van der Waals surface area contributed by atoms with Gasteiger partial charge in [-0.15, -0.1) is 0 Å². The summed E-state index contributed by atoms with van der Waals surface area (Å²) in [5.74, 6) is 0.964. The quantitative estimate of drug-likeness (QED) is 0.679. The number of anilines is 1. The number of ether oxygens (including phenoxy) is 2. The van der Waals surface area contributed by atoms with Crippen LogP contribution in [-0.4, -0.2) is 18.6 Å². The molecule has 1 atom stereocenters. The number of hydrogen-bond donors (Lipinski definition) is 1. The summed E-state index contributed by atoms with van der Waals surface area (Å²) in [6, 6.07) is 14.5. The highest BCUT2D eigenvalue weighted by molar-refractivity contribution is 6.31. The van der Waals surface area contributed by atoms with Crippen molar-refractivity contribution in [2.45, 2.75) is 32.8 Å². The van der Waals surface area contributed by atoms with E-state index in [-0.39, 0.29) is 5.91 Å². The Morgan fingerprint density at radius 1 is 1.27 bits per heavy atom. The van der Waals surface area contributed by atoms with Gasteiger partial charge in [0.2, 0.25) is 0 Å². The van der Waals surface area contributed by atoms with E-state index in [1.165, 1.54) is 0 Å². The summed E-state index contributed by atoms with van der Waals surface area (Å²) < 4.78 is 11.2. The molecule has 26 heavy (non-hydrogen) atoms. The van der Waals surface area contributed by atoms with Gasteiger partial charge in [-0.1, -0.05) is 17.7 Å². The summed E-state index contributed by atoms with van der Waals surface area (Å²) in [6.07, 6.45) is 0.448. The number of unbranched alkanes of at least 4 members (excludes halogenated alkanes) is 1. The fraction of sp³-hybridized carbons (Fsp3) is 0.300. The number of aryl methyl sites for hydroxylation is 1. The summed E-state index contributed by atoms with van der Waals surface area (Å²) >= 11 is 5.99. The number of carbonyl (C=O) groups excluding carboxylic acids is 1. The largest absolute Gasteiger partial charge is 0.493 e. The molecule has 0 aliphatic rings. The van der Waals surface area contributed by atoms with E-state index in [9.17, 15) is 4.79 Å². The van der Waals surface area contributed by atoms with Gasteiger partial charge in [-0.2, -0.15) is 5.26 Å². The molecule has 0 radical (unpaired) electrons. The fourth-order valence-electron chi connectivity index (χ4n) is 2.20. The summed E-state index contributed by atoms with van der Waals surface area (Å²) in [4.78, 5) is 12.3. The average Bonchev–Trinajstić information content (AvgIpc) is 2.62. The van der Waals surface area contributed by atoms with Gasteiger partial charge in [-0.25, -0.2) is 0 Å². The van der Waals surface area contributed by atoms with Crippen molar-refractivity contribution in [1.29, 1.82) is 5.26 Å². The maximum absolute atomic E-state index is 12.3. The van der Waals surface area contributed by atoms with Gasteiger partial charge in [-0.3, -0.25) is 4.79 Å². The first-order valence-corrected chi connectivity index (χ1v) is 8.71. The number of hydrogen-bond acceptors (Lipinski definition) is 4. The van der Waals surface area contributed by atoms with Crippen LogP contribution in [0.4, 0.5) is 5.69 Å². The molecular formula is C20H21ClN2O3. The maximum atomic E-state index is 12.3. The Labute approximate surface area is 158 Å². The number of nitrogens with one attached hydrogen (secondary N) is 1. The van der Waals surface area contributed by atoms with Gasteiger partial charge in [-0.05, 0) is 56.2 Å². The van der Waals surface area contributed by atoms with Crippen LogP contribution in [0.15, 0.2) is 42.5 Å². The van der Waals surface area contributed by atoms with Crippen LogP contribution in [0.3, 0.4) is 0 Å². The molecule has 1 amide bonds. The van der Waals surface area contributed by atoms with Gasteiger partial charge >= 0.3 is 0 Å². The molecule has 1 unspecified atom stereocenters. The molecule has 6 heteroatoms. The highest BCUT2D eigenvalue weighted by Gasteiger charge is 2.15. The number of nitrogens with zero attached hydrogens (tertiary/aromatic N) is 1. The van der Waals surface area contributed by atoms with Crippen molar-refractivity contribution in [2.24, 2.45) is 0 Å². The predicted molar refractivity (Wildman–Crippen MR) is 102 cm³/mol. The topological polar surface area (TPSA) is 71.3 Å². The second-order valence-corrected chi connectivity index (χ2v) is 6.21. The van der Waals surface area contributed by atoms with Crippen molar-refractivity contribution in [3.8, 4) is 17.6 Å². The number of carbonyl (C=O) groups is 1. The predicted octanol–water partition coefficient (Wildman–Crippen LogP) is 4.74. The Kier molecular flexibility index (Phi) is 7.31. The van der Waals surface area contributed by atoms with Gasteiger partial charge in [0.1, 0.15) is 11.5 Å². The standard InChI is InChI=1S/C20H21ClN2O3/c1-14-12-18(8-9-19(14)21)26-15(2)20(24)23-16-6-5-7-17(13-16)25-11-4-3-10-22/h5-9,12-13,15H,3-4,11H2,1-2H3,(H,23,24).